The molecule has 0 saturated carbocycles. The Morgan fingerprint density at radius 3 is 2.72 bits per heavy atom. The van der Waals surface area contributed by atoms with Crippen LogP contribution in [-0.4, -0.2) is 29.7 Å². The molecule has 0 spiro atoms. The number of nitrogens with one attached hydrogen (secondary N) is 1. The Hall–Kier alpha value is -2.14. The SMILES string of the molecule is CCCOC(C)(C)C(=O)Nc1ccc(OCC(C)C)c2ncccc12. The van der Waals surface area contributed by atoms with Crippen LogP contribution < -0.4 is 10.1 Å². The summed E-state index contributed by atoms with van der Waals surface area (Å²) in [5.41, 5.74) is 0.559. The first kappa shape index (κ1) is 19.2. The molecule has 2 aromatic rings. The van der Waals surface area contributed by atoms with Crippen LogP contribution >= 0.6 is 0 Å². The first-order valence-electron chi connectivity index (χ1n) is 8.81. The molecule has 0 aliphatic rings. The minimum Gasteiger partial charge on any atom is -0.491 e. The smallest absolute Gasteiger partial charge is 0.256 e. The van der Waals surface area contributed by atoms with E-state index in [-0.39, 0.29) is 5.91 Å². The van der Waals surface area contributed by atoms with E-state index >= 15 is 0 Å². The number of hydrogen-bond acceptors (Lipinski definition) is 4. The van der Waals surface area contributed by atoms with Gasteiger partial charge in [0.25, 0.3) is 5.91 Å². The molecule has 1 aromatic carbocycles. The first-order chi connectivity index (χ1) is 11.8. The van der Waals surface area contributed by atoms with Gasteiger partial charge in [-0.15, -0.1) is 0 Å². The summed E-state index contributed by atoms with van der Waals surface area (Å²) in [6.45, 7) is 10.9. The lowest BCUT2D eigenvalue weighted by atomic mass is 10.1. The molecular weight excluding hydrogens is 316 g/mol. The van der Waals surface area contributed by atoms with Crippen LogP contribution in [0.3, 0.4) is 0 Å². The van der Waals surface area contributed by atoms with Gasteiger partial charge in [-0.2, -0.15) is 0 Å². The summed E-state index contributed by atoms with van der Waals surface area (Å²) in [6.07, 6.45) is 2.59. The highest BCUT2D eigenvalue weighted by Gasteiger charge is 2.28. The summed E-state index contributed by atoms with van der Waals surface area (Å²) in [4.78, 5) is 17.0. The van der Waals surface area contributed by atoms with Crippen LogP contribution in [0.2, 0.25) is 0 Å². The molecule has 1 heterocycles. The third kappa shape index (κ3) is 4.92. The number of nitrogens with zero attached hydrogens (tertiary/aromatic N) is 1. The summed E-state index contributed by atoms with van der Waals surface area (Å²) in [5, 5.41) is 3.82. The van der Waals surface area contributed by atoms with Crippen molar-refractivity contribution in [2.24, 2.45) is 5.92 Å². The molecular formula is C20H28N2O3. The summed E-state index contributed by atoms with van der Waals surface area (Å²) >= 11 is 0. The zero-order valence-corrected chi connectivity index (χ0v) is 15.8. The van der Waals surface area contributed by atoms with E-state index < -0.39 is 5.60 Å². The van der Waals surface area contributed by atoms with Gasteiger partial charge in [0.2, 0.25) is 0 Å². The number of carbonyl (C=O) groups excluding carboxylic acids is 1. The number of fused-ring (bicyclic) bond motifs is 1. The maximum atomic E-state index is 12.6. The fourth-order valence-corrected chi connectivity index (χ4v) is 2.32. The van der Waals surface area contributed by atoms with E-state index in [9.17, 15) is 4.79 Å². The van der Waals surface area contributed by atoms with Crippen molar-refractivity contribution in [1.82, 2.24) is 4.98 Å². The van der Waals surface area contributed by atoms with Gasteiger partial charge in [-0.25, -0.2) is 0 Å². The molecule has 1 aromatic heterocycles. The molecule has 5 heteroatoms. The molecule has 0 saturated heterocycles. The van der Waals surface area contributed by atoms with E-state index in [1.54, 1.807) is 20.0 Å². The van der Waals surface area contributed by atoms with Crippen molar-refractivity contribution in [1.29, 1.82) is 0 Å². The molecule has 25 heavy (non-hydrogen) atoms. The predicted octanol–water partition coefficient (Wildman–Crippen LogP) is 4.41. The van der Waals surface area contributed by atoms with Crippen LogP contribution in [0.15, 0.2) is 30.5 Å². The van der Waals surface area contributed by atoms with E-state index in [0.29, 0.717) is 24.8 Å². The minimum atomic E-state index is -0.892. The molecule has 0 aliphatic carbocycles. The van der Waals surface area contributed by atoms with Crippen molar-refractivity contribution in [3.05, 3.63) is 30.5 Å². The quantitative estimate of drug-likeness (QED) is 0.770. The molecule has 0 aliphatic heterocycles. The summed E-state index contributed by atoms with van der Waals surface area (Å²) in [6, 6.07) is 7.49. The standard InChI is InChI=1S/C20H28N2O3/c1-6-12-25-20(4,5)19(23)22-16-9-10-17(24-13-14(2)3)18-15(16)8-7-11-21-18/h7-11,14H,6,12-13H2,1-5H3,(H,22,23). The van der Waals surface area contributed by atoms with E-state index in [1.165, 1.54) is 0 Å². The molecule has 0 unspecified atom stereocenters. The van der Waals surface area contributed by atoms with Gasteiger partial charge in [0.1, 0.15) is 16.9 Å². The molecule has 136 valence electrons. The maximum Gasteiger partial charge on any atom is 0.256 e. The minimum absolute atomic E-state index is 0.179. The second-order valence-electron chi connectivity index (χ2n) is 7.03. The molecule has 1 amide bonds. The van der Waals surface area contributed by atoms with Crippen molar-refractivity contribution in [3.8, 4) is 5.75 Å². The van der Waals surface area contributed by atoms with Gasteiger partial charge >= 0.3 is 0 Å². The number of pyridine rings is 1. The first-order valence-corrected chi connectivity index (χ1v) is 8.81. The molecule has 0 atom stereocenters. The Labute approximate surface area is 149 Å². The predicted molar refractivity (Wildman–Crippen MR) is 101 cm³/mol. The monoisotopic (exact) mass is 344 g/mol. The van der Waals surface area contributed by atoms with Crippen molar-refractivity contribution in [3.63, 3.8) is 0 Å². The zero-order chi connectivity index (χ0) is 18.4. The number of aromatic nitrogens is 1. The van der Waals surface area contributed by atoms with Crippen LogP contribution in [0.25, 0.3) is 10.9 Å². The van der Waals surface area contributed by atoms with Crippen LogP contribution in [-0.2, 0) is 9.53 Å². The number of ether oxygens (including phenoxy) is 2. The molecule has 0 bridgehead atoms. The Morgan fingerprint density at radius 1 is 1.28 bits per heavy atom. The molecule has 0 radical (unpaired) electrons. The van der Waals surface area contributed by atoms with Crippen molar-refractivity contribution in [2.45, 2.75) is 46.6 Å². The average molecular weight is 344 g/mol. The summed E-state index contributed by atoms with van der Waals surface area (Å²) < 4.78 is 11.5. The Bertz CT molecular complexity index is 726. The molecule has 5 nitrogen and oxygen atoms in total. The van der Waals surface area contributed by atoms with E-state index in [1.807, 2.05) is 31.2 Å². The summed E-state index contributed by atoms with van der Waals surface area (Å²) in [7, 11) is 0. The molecule has 0 fully saturated rings. The number of hydrogen-bond donors (Lipinski definition) is 1. The Balaban J connectivity index is 2.27. The lowest BCUT2D eigenvalue weighted by Crippen LogP contribution is -2.40. The van der Waals surface area contributed by atoms with Crippen molar-refractivity contribution >= 4 is 22.5 Å². The number of carbonyl (C=O) groups is 1. The van der Waals surface area contributed by atoms with Crippen molar-refractivity contribution in [2.75, 3.05) is 18.5 Å². The van der Waals surface area contributed by atoms with Gasteiger partial charge in [0.15, 0.2) is 0 Å². The Morgan fingerprint density at radius 2 is 2.04 bits per heavy atom. The highest BCUT2D eigenvalue weighted by molar-refractivity contribution is 6.05. The number of amides is 1. The highest BCUT2D eigenvalue weighted by Crippen LogP contribution is 2.31. The second-order valence-corrected chi connectivity index (χ2v) is 7.03. The van der Waals surface area contributed by atoms with Gasteiger partial charge in [0.05, 0.1) is 12.3 Å². The maximum absolute atomic E-state index is 12.6. The third-order valence-corrected chi connectivity index (χ3v) is 3.77. The van der Waals surface area contributed by atoms with Gasteiger partial charge in [-0.05, 0) is 50.5 Å². The lowest BCUT2D eigenvalue weighted by Gasteiger charge is -2.24. The summed E-state index contributed by atoms with van der Waals surface area (Å²) in [5.74, 6) is 0.973. The Kier molecular flexibility index (Phi) is 6.37. The van der Waals surface area contributed by atoms with Gasteiger partial charge in [-0.3, -0.25) is 9.78 Å². The molecule has 1 N–H and O–H groups in total. The van der Waals surface area contributed by atoms with E-state index in [2.05, 4.69) is 24.1 Å². The lowest BCUT2D eigenvalue weighted by molar-refractivity contribution is -0.137. The van der Waals surface area contributed by atoms with Gasteiger partial charge < -0.3 is 14.8 Å². The number of anilines is 1. The van der Waals surface area contributed by atoms with E-state index in [4.69, 9.17) is 9.47 Å². The van der Waals surface area contributed by atoms with E-state index in [0.717, 1.165) is 23.1 Å². The van der Waals surface area contributed by atoms with Crippen LogP contribution in [0.4, 0.5) is 5.69 Å². The van der Waals surface area contributed by atoms with Crippen LogP contribution in [0, 0.1) is 5.92 Å². The number of benzene rings is 1. The number of rotatable bonds is 8. The average Bonchev–Trinajstić information content (AvgIpc) is 2.59. The van der Waals surface area contributed by atoms with Gasteiger partial charge in [0, 0.05) is 18.2 Å². The van der Waals surface area contributed by atoms with Crippen molar-refractivity contribution < 1.29 is 14.3 Å². The molecule has 2 rings (SSSR count). The normalized spacial score (nSPS) is 11.8. The van der Waals surface area contributed by atoms with Crippen LogP contribution in [0.5, 0.6) is 5.75 Å². The second kappa shape index (κ2) is 8.30. The van der Waals surface area contributed by atoms with Gasteiger partial charge in [-0.1, -0.05) is 20.8 Å². The third-order valence-electron chi connectivity index (χ3n) is 3.77. The fraction of sp³-hybridized carbons (Fsp3) is 0.500. The van der Waals surface area contributed by atoms with Crippen LogP contribution in [0.1, 0.15) is 41.0 Å². The fourth-order valence-electron chi connectivity index (χ4n) is 2.32. The topological polar surface area (TPSA) is 60.5 Å². The largest absolute Gasteiger partial charge is 0.491 e. The zero-order valence-electron chi connectivity index (χ0n) is 15.8. The highest BCUT2D eigenvalue weighted by atomic mass is 16.5.